The topological polar surface area (TPSA) is 9.86 Å². The van der Waals surface area contributed by atoms with Crippen LogP contribution in [0.5, 0.6) is 0 Å². The second-order valence-corrected chi connectivity index (χ2v) is 11.0. The first-order valence-corrected chi connectivity index (χ1v) is 14.5. The standard InChI is InChI=1S/C40H26N2/c1-3-14-28(15-4-1)34-26-35-32-19-9-11-21-36(32)41(30-17-5-2-6-18-30)40(35)38-33-20-10-12-22-37(33)42(39(34)38)31-24-23-27-13-7-8-16-29(27)25-31/h1-26H. The molecule has 7 aromatic carbocycles. The lowest BCUT2D eigenvalue weighted by molar-refractivity contribution is 1.18. The SMILES string of the molecule is c1ccc(-c2cc3c4ccccc4n(-c4ccccc4)c3c3c4ccccc4n(-c4ccc5ccccc5c4)c23)cc1. The van der Waals surface area contributed by atoms with Crippen molar-refractivity contribution in [3.8, 4) is 22.5 Å². The van der Waals surface area contributed by atoms with E-state index in [1.807, 2.05) is 0 Å². The van der Waals surface area contributed by atoms with Gasteiger partial charge in [0.15, 0.2) is 0 Å². The lowest BCUT2D eigenvalue weighted by Gasteiger charge is -2.14. The van der Waals surface area contributed by atoms with E-state index in [-0.39, 0.29) is 0 Å². The summed E-state index contributed by atoms with van der Waals surface area (Å²) >= 11 is 0. The van der Waals surface area contributed by atoms with Crippen LogP contribution in [0.1, 0.15) is 0 Å². The minimum Gasteiger partial charge on any atom is -0.309 e. The van der Waals surface area contributed by atoms with Gasteiger partial charge in [0.05, 0.1) is 22.1 Å². The minimum atomic E-state index is 1.17. The average Bonchev–Trinajstić information content (AvgIpc) is 3.58. The number of fused-ring (bicyclic) bond motifs is 8. The molecule has 0 bridgehead atoms. The summed E-state index contributed by atoms with van der Waals surface area (Å²) in [5, 5.41) is 7.54. The van der Waals surface area contributed by atoms with Crippen molar-refractivity contribution in [3.05, 3.63) is 158 Å². The Balaban J connectivity index is 1.57. The molecule has 0 atom stereocenters. The fourth-order valence-corrected chi connectivity index (χ4v) is 6.87. The van der Waals surface area contributed by atoms with Crippen LogP contribution in [0.3, 0.4) is 0 Å². The fourth-order valence-electron chi connectivity index (χ4n) is 6.87. The van der Waals surface area contributed by atoms with Crippen molar-refractivity contribution in [1.29, 1.82) is 0 Å². The van der Waals surface area contributed by atoms with Gasteiger partial charge in [0.1, 0.15) is 0 Å². The third kappa shape index (κ3) is 3.27. The maximum atomic E-state index is 2.48. The van der Waals surface area contributed by atoms with Crippen LogP contribution in [0.15, 0.2) is 158 Å². The summed E-state index contributed by atoms with van der Waals surface area (Å²) in [7, 11) is 0. The van der Waals surface area contributed by atoms with Gasteiger partial charge in [-0.2, -0.15) is 0 Å². The second-order valence-electron chi connectivity index (χ2n) is 11.0. The molecular formula is C40H26N2. The van der Waals surface area contributed by atoms with E-state index in [0.717, 1.165) is 0 Å². The number of para-hydroxylation sites is 3. The summed E-state index contributed by atoms with van der Waals surface area (Å²) < 4.78 is 4.94. The predicted octanol–water partition coefficient (Wildman–Crippen LogP) is 10.7. The number of hydrogen-bond donors (Lipinski definition) is 0. The molecule has 0 fully saturated rings. The molecule has 0 N–H and O–H groups in total. The van der Waals surface area contributed by atoms with Crippen LogP contribution in [0, 0.1) is 0 Å². The first kappa shape index (κ1) is 23.1. The Morgan fingerprint density at radius 3 is 1.74 bits per heavy atom. The molecule has 0 spiro atoms. The third-order valence-corrected chi connectivity index (χ3v) is 8.66. The lowest BCUT2D eigenvalue weighted by atomic mass is 9.98. The van der Waals surface area contributed by atoms with Gasteiger partial charge in [-0.3, -0.25) is 0 Å². The largest absolute Gasteiger partial charge is 0.309 e. The summed E-state index contributed by atoms with van der Waals surface area (Å²) in [6.45, 7) is 0. The molecule has 2 aromatic heterocycles. The van der Waals surface area contributed by atoms with Gasteiger partial charge < -0.3 is 9.13 Å². The maximum absolute atomic E-state index is 2.48. The zero-order valence-corrected chi connectivity index (χ0v) is 22.9. The first-order chi connectivity index (χ1) is 20.9. The van der Waals surface area contributed by atoms with Gasteiger partial charge in [0.25, 0.3) is 0 Å². The van der Waals surface area contributed by atoms with E-state index in [0.29, 0.717) is 0 Å². The van der Waals surface area contributed by atoms with Crippen molar-refractivity contribution in [2.24, 2.45) is 0 Å². The van der Waals surface area contributed by atoms with Gasteiger partial charge in [0, 0.05) is 38.5 Å². The molecule has 2 heterocycles. The monoisotopic (exact) mass is 534 g/mol. The number of rotatable bonds is 3. The van der Waals surface area contributed by atoms with Crippen LogP contribution in [0.2, 0.25) is 0 Å². The summed E-state index contributed by atoms with van der Waals surface area (Å²) in [6, 6.07) is 57.2. The molecule has 0 aliphatic carbocycles. The van der Waals surface area contributed by atoms with E-state index in [1.165, 1.54) is 76.9 Å². The molecule has 0 saturated carbocycles. The number of aromatic nitrogens is 2. The van der Waals surface area contributed by atoms with Crippen molar-refractivity contribution >= 4 is 54.4 Å². The van der Waals surface area contributed by atoms with Crippen molar-refractivity contribution < 1.29 is 0 Å². The molecule has 0 aliphatic rings. The highest BCUT2D eigenvalue weighted by Gasteiger charge is 2.24. The molecule has 2 nitrogen and oxygen atoms in total. The highest BCUT2D eigenvalue weighted by atomic mass is 15.0. The molecule has 42 heavy (non-hydrogen) atoms. The van der Waals surface area contributed by atoms with Crippen molar-refractivity contribution in [1.82, 2.24) is 9.13 Å². The van der Waals surface area contributed by atoms with Gasteiger partial charge in [-0.25, -0.2) is 0 Å². The Hall–Kier alpha value is -5.60. The summed E-state index contributed by atoms with van der Waals surface area (Å²) in [5.41, 5.74) is 9.67. The van der Waals surface area contributed by atoms with Crippen LogP contribution in [-0.4, -0.2) is 9.13 Å². The van der Waals surface area contributed by atoms with Gasteiger partial charge in [-0.1, -0.05) is 115 Å². The Morgan fingerprint density at radius 1 is 0.357 bits per heavy atom. The van der Waals surface area contributed by atoms with Crippen molar-refractivity contribution in [2.75, 3.05) is 0 Å². The Morgan fingerprint density at radius 2 is 0.952 bits per heavy atom. The summed E-state index contributed by atoms with van der Waals surface area (Å²) in [5.74, 6) is 0. The molecule has 196 valence electrons. The molecule has 9 rings (SSSR count). The molecule has 0 radical (unpaired) electrons. The second kappa shape index (κ2) is 8.95. The zero-order valence-electron chi connectivity index (χ0n) is 22.9. The molecule has 0 saturated heterocycles. The van der Waals surface area contributed by atoms with Gasteiger partial charge in [-0.05, 0) is 58.8 Å². The Kier molecular flexibility index (Phi) is 4.93. The lowest BCUT2D eigenvalue weighted by Crippen LogP contribution is -1.97. The molecule has 9 aromatic rings. The van der Waals surface area contributed by atoms with E-state index in [4.69, 9.17) is 0 Å². The first-order valence-electron chi connectivity index (χ1n) is 14.5. The maximum Gasteiger partial charge on any atom is 0.0641 e. The van der Waals surface area contributed by atoms with Gasteiger partial charge >= 0.3 is 0 Å². The van der Waals surface area contributed by atoms with Crippen LogP contribution >= 0.6 is 0 Å². The molecule has 2 heteroatoms. The van der Waals surface area contributed by atoms with Crippen LogP contribution < -0.4 is 0 Å². The van der Waals surface area contributed by atoms with Crippen LogP contribution in [0.25, 0.3) is 76.9 Å². The van der Waals surface area contributed by atoms with Gasteiger partial charge in [-0.15, -0.1) is 0 Å². The molecule has 0 aliphatic heterocycles. The molecular weight excluding hydrogens is 508 g/mol. The molecule has 0 amide bonds. The highest BCUT2D eigenvalue weighted by Crippen LogP contribution is 2.46. The number of hydrogen-bond acceptors (Lipinski definition) is 0. The van der Waals surface area contributed by atoms with Gasteiger partial charge in [0.2, 0.25) is 0 Å². The summed E-state index contributed by atoms with van der Waals surface area (Å²) in [4.78, 5) is 0. The van der Waals surface area contributed by atoms with E-state index in [2.05, 4.69) is 167 Å². The van der Waals surface area contributed by atoms with E-state index >= 15 is 0 Å². The Bertz CT molecular complexity index is 2440. The number of nitrogens with zero attached hydrogens (tertiary/aromatic N) is 2. The van der Waals surface area contributed by atoms with E-state index in [1.54, 1.807) is 0 Å². The highest BCUT2D eigenvalue weighted by molar-refractivity contribution is 6.29. The minimum absolute atomic E-state index is 1.17. The average molecular weight is 535 g/mol. The Labute approximate surface area is 243 Å². The van der Waals surface area contributed by atoms with Crippen molar-refractivity contribution in [2.45, 2.75) is 0 Å². The predicted molar refractivity (Wildman–Crippen MR) is 178 cm³/mol. The van der Waals surface area contributed by atoms with Crippen LogP contribution in [0.4, 0.5) is 0 Å². The van der Waals surface area contributed by atoms with E-state index < -0.39 is 0 Å². The zero-order chi connectivity index (χ0) is 27.6. The van der Waals surface area contributed by atoms with Crippen molar-refractivity contribution in [3.63, 3.8) is 0 Å². The summed E-state index contributed by atoms with van der Waals surface area (Å²) in [6.07, 6.45) is 0. The third-order valence-electron chi connectivity index (χ3n) is 8.66. The fraction of sp³-hybridized carbons (Fsp3) is 0. The number of benzene rings is 7. The van der Waals surface area contributed by atoms with Crippen LogP contribution in [-0.2, 0) is 0 Å². The normalized spacial score (nSPS) is 11.8. The quantitative estimate of drug-likeness (QED) is 0.213. The van der Waals surface area contributed by atoms with E-state index in [9.17, 15) is 0 Å². The smallest absolute Gasteiger partial charge is 0.0641 e. The molecule has 0 unspecified atom stereocenters.